The minimum absolute atomic E-state index is 0.0477. The smallest absolute Gasteiger partial charge is 0.469 e. The van der Waals surface area contributed by atoms with Crippen LogP contribution < -0.4 is 0 Å². The van der Waals surface area contributed by atoms with Crippen molar-refractivity contribution in [2.24, 2.45) is 10.2 Å². The number of phosphoric acid groups is 1. The molecule has 0 fully saturated rings. The number of rotatable bonds is 7. The Morgan fingerprint density at radius 1 is 1.26 bits per heavy atom. The van der Waals surface area contributed by atoms with Gasteiger partial charge in [0.1, 0.15) is 5.75 Å². The van der Waals surface area contributed by atoms with Gasteiger partial charge >= 0.3 is 13.8 Å². The highest BCUT2D eigenvalue weighted by Gasteiger charge is 2.21. The average Bonchev–Trinajstić information content (AvgIpc) is 2.60. The molecule has 2 rings (SSSR count). The van der Waals surface area contributed by atoms with Gasteiger partial charge in [-0.25, -0.2) is 14.3 Å². The first-order valence-corrected chi connectivity index (χ1v) is 8.78. The van der Waals surface area contributed by atoms with Crippen LogP contribution in [0.2, 0.25) is 0 Å². The standard InChI is InChI=1S/C15H14N3O8P/c1-8-13(20)11(6-19)12(7-26-27(23,24)25)14(16-8)18-17-10-4-2-9(3-5-10)15(21)22/h2-6,20H,7H2,1H3,(H,21,22)(H2,23,24,25)/b18-17+. The lowest BCUT2D eigenvalue weighted by Crippen LogP contribution is -2.01. The topological polar surface area (TPSA) is 179 Å². The number of hydrogen-bond donors (Lipinski definition) is 4. The molecule has 1 heterocycles. The minimum atomic E-state index is -4.85. The molecule has 0 unspecified atom stereocenters. The highest BCUT2D eigenvalue weighted by Crippen LogP contribution is 2.40. The molecule has 0 saturated carbocycles. The van der Waals surface area contributed by atoms with Crippen LogP contribution in [-0.4, -0.2) is 37.2 Å². The first-order chi connectivity index (χ1) is 12.6. The van der Waals surface area contributed by atoms with Crippen LogP contribution in [0.1, 0.15) is 32.0 Å². The summed E-state index contributed by atoms with van der Waals surface area (Å²) < 4.78 is 15.3. The molecule has 0 amide bonds. The number of nitrogens with zero attached hydrogens (tertiary/aromatic N) is 3. The lowest BCUT2D eigenvalue weighted by molar-refractivity contribution is 0.0696. The lowest BCUT2D eigenvalue weighted by atomic mass is 10.1. The van der Waals surface area contributed by atoms with E-state index in [9.17, 15) is 19.3 Å². The Bertz CT molecular complexity index is 953. The molecule has 4 N–H and O–H groups in total. The summed E-state index contributed by atoms with van der Waals surface area (Å²) in [6.07, 6.45) is 0.281. The van der Waals surface area contributed by atoms with Crippen LogP contribution in [-0.2, 0) is 15.7 Å². The molecule has 1 aromatic heterocycles. The molecule has 142 valence electrons. The average molecular weight is 395 g/mol. The molecule has 0 atom stereocenters. The Balaban J connectivity index is 2.44. The third kappa shape index (κ3) is 5.25. The molecule has 11 nitrogen and oxygen atoms in total. The Labute approximate surface area is 152 Å². The summed E-state index contributed by atoms with van der Waals surface area (Å²) in [7, 11) is -4.85. The van der Waals surface area contributed by atoms with Crippen molar-refractivity contribution >= 4 is 31.6 Å². The van der Waals surface area contributed by atoms with Crippen LogP contribution in [0.3, 0.4) is 0 Å². The first-order valence-electron chi connectivity index (χ1n) is 7.25. The molecule has 0 bridgehead atoms. The summed E-state index contributed by atoms with van der Waals surface area (Å²) >= 11 is 0. The molecule has 0 spiro atoms. The Morgan fingerprint density at radius 3 is 2.41 bits per heavy atom. The second kappa shape index (κ2) is 8.14. The fraction of sp³-hybridized carbons (Fsp3) is 0.133. The van der Waals surface area contributed by atoms with Crippen LogP contribution in [0.4, 0.5) is 11.5 Å². The molecule has 0 radical (unpaired) electrons. The number of aldehydes is 1. The zero-order valence-corrected chi connectivity index (χ0v) is 14.7. The highest BCUT2D eigenvalue weighted by molar-refractivity contribution is 7.46. The summed E-state index contributed by atoms with van der Waals surface area (Å²) in [5.74, 6) is -1.77. The predicted octanol–water partition coefficient (Wildman–Crippen LogP) is 2.63. The second-order valence-electron chi connectivity index (χ2n) is 5.20. The maximum Gasteiger partial charge on any atom is 0.469 e. The summed E-state index contributed by atoms with van der Waals surface area (Å²) in [6.45, 7) is 0.655. The van der Waals surface area contributed by atoms with Gasteiger partial charge in [-0.1, -0.05) is 0 Å². The van der Waals surface area contributed by atoms with E-state index in [1.807, 2.05) is 0 Å². The maximum atomic E-state index is 11.3. The summed E-state index contributed by atoms with van der Waals surface area (Å²) in [5, 5.41) is 26.5. The monoisotopic (exact) mass is 395 g/mol. The molecular weight excluding hydrogens is 381 g/mol. The molecule has 0 saturated heterocycles. The van der Waals surface area contributed by atoms with Crippen molar-refractivity contribution in [2.75, 3.05) is 0 Å². The Kier molecular flexibility index (Phi) is 6.13. The number of azo groups is 1. The van der Waals surface area contributed by atoms with Gasteiger partial charge in [-0.2, -0.15) is 0 Å². The fourth-order valence-corrected chi connectivity index (χ4v) is 2.31. The van der Waals surface area contributed by atoms with Gasteiger partial charge in [-0.15, -0.1) is 10.2 Å². The van der Waals surface area contributed by atoms with Crippen LogP contribution in [0.15, 0.2) is 34.5 Å². The normalized spacial score (nSPS) is 11.7. The minimum Gasteiger partial charge on any atom is -0.505 e. The molecule has 0 aliphatic heterocycles. The summed E-state index contributed by atoms with van der Waals surface area (Å²) in [5.41, 5.74) is -0.0887. The van der Waals surface area contributed by atoms with E-state index in [0.29, 0.717) is 0 Å². The largest absolute Gasteiger partial charge is 0.505 e. The number of carboxylic acid groups (broad SMARTS) is 1. The molecule has 2 aromatic rings. The van der Waals surface area contributed by atoms with Crippen molar-refractivity contribution in [1.29, 1.82) is 0 Å². The SMILES string of the molecule is Cc1nc(/N=N/c2ccc(C(=O)O)cc2)c(COP(=O)(O)O)c(C=O)c1O. The first kappa shape index (κ1) is 20.3. The number of pyridine rings is 1. The van der Waals surface area contributed by atoms with Gasteiger partial charge in [0.2, 0.25) is 0 Å². The Hall–Kier alpha value is -2.98. The molecule has 0 aliphatic carbocycles. The van der Waals surface area contributed by atoms with Gasteiger partial charge in [0.25, 0.3) is 0 Å². The number of aromatic carboxylic acids is 1. The van der Waals surface area contributed by atoms with E-state index in [0.717, 1.165) is 0 Å². The number of phosphoric ester groups is 1. The lowest BCUT2D eigenvalue weighted by Gasteiger charge is -2.12. The summed E-state index contributed by atoms with van der Waals surface area (Å²) in [6, 6.07) is 5.38. The number of carbonyl (C=O) groups is 2. The van der Waals surface area contributed by atoms with Crippen molar-refractivity contribution in [2.45, 2.75) is 13.5 Å². The third-order valence-corrected chi connectivity index (χ3v) is 3.80. The number of carbonyl (C=O) groups excluding carboxylic acids is 1. The van der Waals surface area contributed by atoms with E-state index in [-0.39, 0.29) is 40.2 Å². The van der Waals surface area contributed by atoms with Gasteiger partial charge < -0.3 is 20.0 Å². The van der Waals surface area contributed by atoms with Crippen LogP contribution in [0.5, 0.6) is 5.75 Å². The molecule has 1 aromatic carbocycles. The summed E-state index contributed by atoms with van der Waals surface area (Å²) in [4.78, 5) is 43.8. The van der Waals surface area contributed by atoms with E-state index in [4.69, 9.17) is 14.9 Å². The van der Waals surface area contributed by atoms with Gasteiger partial charge in [0, 0.05) is 5.56 Å². The number of aromatic nitrogens is 1. The molecule has 27 heavy (non-hydrogen) atoms. The molecular formula is C15H14N3O8P. The van der Waals surface area contributed by atoms with E-state index >= 15 is 0 Å². The van der Waals surface area contributed by atoms with Gasteiger partial charge in [0.05, 0.1) is 29.1 Å². The fourth-order valence-electron chi connectivity index (χ4n) is 2.01. The molecule has 0 aliphatic rings. The second-order valence-corrected chi connectivity index (χ2v) is 6.43. The van der Waals surface area contributed by atoms with Crippen molar-refractivity contribution in [1.82, 2.24) is 4.98 Å². The predicted molar refractivity (Wildman–Crippen MR) is 90.4 cm³/mol. The quantitative estimate of drug-likeness (QED) is 0.311. The van der Waals surface area contributed by atoms with Crippen molar-refractivity contribution < 1.29 is 38.7 Å². The zero-order valence-electron chi connectivity index (χ0n) is 13.8. The number of aryl methyl sites for hydroxylation is 1. The van der Waals surface area contributed by atoms with Gasteiger partial charge in [-0.05, 0) is 31.2 Å². The van der Waals surface area contributed by atoms with Crippen LogP contribution >= 0.6 is 7.82 Å². The van der Waals surface area contributed by atoms with Crippen molar-refractivity contribution in [3.05, 3.63) is 46.6 Å². The number of carboxylic acids is 1. The van der Waals surface area contributed by atoms with E-state index < -0.39 is 26.1 Å². The zero-order chi connectivity index (χ0) is 20.2. The van der Waals surface area contributed by atoms with Gasteiger partial charge in [0.15, 0.2) is 12.1 Å². The highest BCUT2D eigenvalue weighted by atomic mass is 31.2. The van der Waals surface area contributed by atoms with E-state index in [1.54, 1.807) is 0 Å². The molecule has 12 heteroatoms. The number of aromatic hydroxyl groups is 1. The third-order valence-electron chi connectivity index (χ3n) is 3.34. The van der Waals surface area contributed by atoms with Crippen LogP contribution in [0.25, 0.3) is 0 Å². The number of hydrogen-bond acceptors (Lipinski definition) is 8. The van der Waals surface area contributed by atoms with E-state index in [2.05, 4.69) is 19.7 Å². The van der Waals surface area contributed by atoms with Crippen molar-refractivity contribution in [3.8, 4) is 5.75 Å². The van der Waals surface area contributed by atoms with Crippen LogP contribution in [0, 0.1) is 6.92 Å². The van der Waals surface area contributed by atoms with E-state index in [1.165, 1.54) is 31.2 Å². The Morgan fingerprint density at radius 2 is 1.89 bits per heavy atom. The van der Waals surface area contributed by atoms with Gasteiger partial charge in [-0.3, -0.25) is 9.32 Å². The van der Waals surface area contributed by atoms with Crippen molar-refractivity contribution in [3.63, 3.8) is 0 Å². The maximum absolute atomic E-state index is 11.3. The number of benzene rings is 1.